The number of carbonyl (C=O) groups is 1. The van der Waals surface area contributed by atoms with Gasteiger partial charge in [-0.25, -0.2) is 4.79 Å². The summed E-state index contributed by atoms with van der Waals surface area (Å²) in [5.41, 5.74) is -1.18. The van der Waals surface area contributed by atoms with Gasteiger partial charge in [0, 0.05) is 0 Å². The first-order valence-electron chi connectivity index (χ1n) is 6.24. The van der Waals surface area contributed by atoms with Crippen LogP contribution in [0.15, 0.2) is 12.1 Å². The number of ether oxygens (including phenoxy) is 1. The first-order chi connectivity index (χ1) is 9.02. The Morgan fingerprint density at radius 3 is 2.20 bits per heavy atom. The Bertz CT molecular complexity index is 518. The van der Waals surface area contributed by atoms with Crippen LogP contribution in [0, 0.1) is 11.3 Å². The molecule has 6 heteroatoms. The lowest BCUT2D eigenvalue weighted by Gasteiger charge is -2.30. The maximum absolute atomic E-state index is 12.2. The predicted octanol–water partition coefficient (Wildman–Crippen LogP) is 4.09. The number of rotatable bonds is 2. The molecule has 0 aliphatic rings. The summed E-state index contributed by atoms with van der Waals surface area (Å²) in [5, 5.41) is 10.5. The normalized spacial score (nSPS) is 11.8. The van der Waals surface area contributed by atoms with Gasteiger partial charge in [0.1, 0.15) is 21.5 Å². The third-order valence-corrected chi connectivity index (χ3v) is 2.78. The summed E-state index contributed by atoms with van der Waals surface area (Å²) in [7, 11) is 0. The van der Waals surface area contributed by atoms with E-state index in [1.807, 2.05) is 26.8 Å². The van der Waals surface area contributed by atoms with Crippen molar-refractivity contribution in [3.8, 4) is 6.07 Å². The van der Waals surface area contributed by atoms with E-state index in [1.54, 1.807) is 32.9 Å². The molecule has 110 valence electrons. The monoisotopic (exact) mass is 296 g/mol. The van der Waals surface area contributed by atoms with Crippen LogP contribution in [0.3, 0.4) is 0 Å². The Kier molecular flexibility index (Phi) is 4.79. The second-order valence-corrected chi connectivity index (χ2v) is 7.29. The lowest BCUT2D eigenvalue weighted by Crippen LogP contribution is -2.41. The van der Waals surface area contributed by atoms with Crippen LogP contribution >= 0.6 is 11.3 Å². The molecule has 1 heterocycles. The van der Waals surface area contributed by atoms with E-state index in [-0.39, 0.29) is 0 Å². The largest absolute Gasteiger partial charge is 0.442 e. The standard InChI is InChI=1S/C14H20N2O3S/c1-13(2,3)18-12(17)16(19-14(4,5)6)11-8-7-10(9-15)20-11/h7-8H,1-6H3. The molecule has 0 aromatic carbocycles. The molecular weight excluding hydrogens is 276 g/mol. The fraction of sp³-hybridized carbons (Fsp3) is 0.571. The topological polar surface area (TPSA) is 62.6 Å². The predicted molar refractivity (Wildman–Crippen MR) is 78.6 cm³/mol. The third kappa shape index (κ3) is 5.19. The van der Waals surface area contributed by atoms with E-state index in [0.29, 0.717) is 9.88 Å². The van der Waals surface area contributed by atoms with Crippen LogP contribution in [0.2, 0.25) is 0 Å². The highest BCUT2D eigenvalue weighted by Crippen LogP contribution is 2.29. The van der Waals surface area contributed by atoms with E-state index >= 15 is 0 Å². The summed E-state index contributed by atoms with van der Waals surface area (Å²) in [6.07, 6.45) is -0.598. The van der Waals surface area contributed by atoms with E-state index in [0.717, 1.165) is 5.06 Å². The molecule has 1 aromatic rings. The second kappa shape index (κ2) is 5.81. The van der Waals surface area contributed by atoms with Crippen molar-refractivity contribution in [3.63, 3.8) is 0 Å². The van der Waals surface area contributed by atoms with E-state index in [4.69, 9.17) is 14.8 Å². The van der Waals surface area contributed by atoms with Gasteiger partial charge in [-0.2, -0.15) is 5.26 Å². The number of anilines is 1. The van der Waals surface area contributed by atoms with Gasteiger partial charge in [-0.05, 0) is 53.7 Å². The number of hydrogen-bond acceptors (Lipinski definition) is 5. The van der Waals surface area contributed by atoms with Crippen molar-refractivity contribution in [3.05, 3.63) is 17.0 Å². The number of nitrogens with zero attached hydrogens (tertiary/aromatic N) is 2. The first-order valence-corrected chi connectivity index (χ1v) is 7.06. The summed E-state index contributed by atoms with van der Waals surface area (Å²) >= 11 is 1.17. The molecule has 0 N–H and O–H groups in total. The molecule has 0 spiro atoms. The minimum Gasteiger partial charge on any atom is -0.442 e. The van der Waals surface area contributed by atoms with Crippen LogP contribution in [0.5, 0.6) is 0 Å². The van der Waals surface area contributed by atoms with Crippen LogP contribution in [0.25, 0.3) is 0 Å². The zero-order chi connectivity index (χ0) is 15.6. The molecule has 0 saturated carbocycles. The molecule has 0 bridgehead atoms. The fourth-order valence-electron chi connectivity index (χ4n) is 1.25. The maximum Gasteiger partial charge on any atom is 0.440 e. The van der Waals surface area contributed by atoms with Crippen molar-refractivity contribution >= 4 is 22.4 Å². The lowest BCUT2D eigenvalue weighted by molar-refractivity contribution is -0.0348. The summed E-state index contributed by atoms with van der Waals surface area (Å²) in [4.78, 5) is 18.4. The van der Waals surface area contributed by atoms with E-state index < -0.39 is 17.3 Å². The molecular formula is C14H20N2O3S. The SMILES string of the molecule is CC(C)(C)OC(=O)N(OC(C)(C)C)c1ccc(C#N)s1. The molecule has 0 aliphatic heterocycles. The lowest BCUT2D eigenvalue weighted by atomic mass is 10.2. The molecule has 1 amide bonds. The Morgan fingerprint density at radius 2 is 1.80 bits per heavy atom. The van der Waals surface area contributed by atoms with Gasteiger partial charge in [0.05, 0.1) is 5.60 Å². The van der Waals surface area contributed by atoms with Gasteiger partial charge in [0.2, 0.25) is 0 Å². The molecule has 1 rings (SSSR count). The van der Waals surface area contributed by atoms with Gasteiger partial charge in [0.15, 0.2) is 0 Å². The minimum absolute atomic E-state index is 0.506. The molecule has 0 aliphatic carbocycles. The quantitative estimate of drug-likeness (QED) is 0.771. The number of hydroxylamine groups is 1. The second-order valence-electron chi connectivity index (χ2n) is 6.23. The molecule has 20 heavy (non-hydrogen) atoms. The maximum atomic E-state index is 12.2. The van der Waals surface area contributed by atoms with Gasteiger partial charge in [-0.15, -0.1) is 16.4 Å². The average Bonchev–Trinajstić information content (AvgIpc) is 2.70. The number of thiophene rings is 1. The van der Waals surface area contributed by atoms with E-state index in [1.165, 1.54) is 11.3 Å². The van der Waals surface area contributed by atoms with Crippen LogP contribution in [0.4, 0.5) is 9.80 Å². The van der Waals surface area contributed by atoms with Crippen molar-refractivity contribution in [2.75, 3.05) is 5.06 Å². The highest BCUT2D eigenvalue weighted by atomic mass is 32.1. The molecule has 0 radical (unpaired) electrons. The number of nitriles is 1. The summed E-state index contributed by atoms with van der Waals surface area (Å²) in [6.45, 7) is 10.9. The average molecular weight is 296 g/mol. The first kappa shape index (κ1) is 16.5. The molecule has 0 fully saturated rings. The third-order valence-electron chi connectivity index (χ3n) is 1.83. The van der Waals surface area contributed by atoms with Crippen molar-refractivity contribution in [2.24, 2.45) is 0 Å². The van der Waals surface area contributed by atoms with Gasteiger partial charge < -0.3 is 4.74 Å². The summed E-state index contributed by atoms with van der Waals surface area (Å²) in [6, 6.07) is 5.34. The van der Waals surface area contributed by atoms with Gasteiger partial charge in [0.25, 0.3) is 0 Å². The number of amides is 1. The number of carbonyl (C=O) groups excluding carboxylic acids is 1. The summed E-state index contributed by atoms with van der Waals surface area (Å²) in [5.74, 6) is 0. The molecule has 5 nitrogen and oxygen atoms in total. The highest BCUT2D eigenvalue weighted by Gasteiger charge is 2.29. The van der Waals surface area contributed by atoms with Crippen molar-refractivity contribution in [2.45, 2.75) is 52.7 Å². The van der Waals surface area contributed by atoms with Gasteiger partial charge >= 0.3 is 6.09 Å². The Labute approximate surface area is 123 Å². The smallest absolute Gasteiger partial charge is 0.440 e. The van der Waals surface area contributed by atoms with Crippen LogP contribution in [0.1, 0.15) is 46.4 Å². The Hall–Kier alpha value is -1.58. The highest BCUT2D eigenvalue weighted by molar-refractivity contribution is 7.16. The zero-order valence-electron chi connectivity index (χ0n) is 12.7. The molecule has 0 saturated heterocycles. The molecule has 0 atom stereocenters. The Morgan fingerprint density at radius 1 is 1.20 bits per heavy atom. The van der Waals surface area contributed by atoms with Crippen LogP contribution in [-0.4, -0.2) is 17.3 Å². The van der Waals surface area contributed by atoms with Crippen molar-refractivity contribution < 1.29 is 14.4 Å². The van der Waals surface area contributed by atoms with Crippen molar-refractivity contribution in [1.82, 2.24) is 0 Å². The van der Waals surface area contributed by atoms with E-state index in [9.17, 15) is 4.79 Å². The Balaban J connectivity index is 3.03. The zero-order valence-corrected chi connectivity index (χ0v) is 13.5. The van der Waals surface area contributed by atoms with Crippen LogP contribution < -0.4 is 5.06 Å². The fourth-order valence-corrected chi connectivity index (χ4v) is 1.98. The molecule has 0 unspecified atom stereocenters. The summed E-state index contributed by atoms with van der Waals surface area (Å²) < 4.78 is 5.33. The van der Waals surface area contributed by atoms with E-state index in [2.05, 4.69) is 0 Å². The van der Waals surface area contributed by atoms with Gasteiger partial charge in [-0.1, -0.05) is 0 Å². The minimum atomic E-state index is -0.619. The number of hydrogen-bond donors (Lipinski definition) is 0. The van der Waals surface area contributed by atoms with Crippen molar-refractivity contribution in [1.29, 1.82) is 5.26 Å². The van der Waals surface area contributed by atoms with Gasteiger partial charge in [-0.3, -0.25) is 4.84 Å². The van der Waals surface area contributed by atoms with Crippen LogP contribution in [-0.2, 0) is 9.57 Å². The molecule has 1 aromatic heterocycles.